The third-order valence-electron chi connectivity index (χ3n) is 2.79. The van der Waals surface area contributed by atoms with E-state index in [9.17, 15) is 18.0 Å². The van der Waals surface area contributed by atoms with E-state index in [1.54, 1.807) is 18.2 Å². The Morgan fingerprint density at radius 1 is 1.26 bits per heavy atom. The maximum Gasteiger partial charge on any atom is 0.311 e. The molecule has 5 heteroatoms. The number of hydrogen-bond acceptors (Lipinski definition) is 2. The predicted molar refractivity (Wildman–Crippen MR) is 63.6 cm³/mol. The molecule has 0 saturated carbocycles. The van der Waals surface area contributed by atoms with Crippen LogP contribution in [0.3, 0.4) is 0 Å². The van der Waals surface area contributed by atoms with E-state index in [1.807, 2.05) is 0 Å². The van der Waals surface area contributed by atoms with Crippen molar-refractivity contribution in [3.05, 3.63) is 59.1 Å². The highest BCUT2D eigenvalue weighted by Gasteiger charge is 2.43. The van der Waals surface area contributed by atoms with Crippen molar-refractivity contribution in [3.63, 3.8) is 0 Å². The zero-order chi connectivity index (χ0) is 14.0. The number of ether oxygens (including phenoxy) is 1. The van der Waals surface area contributed by atoms with Crippen LogP contribution in [0.4, 0.5) is 13.2 Å². The van der Waals surface area contributed by atoms with Crippen molar-refractivity contribution in [2.24, 2.45) is 0 Å². The number of halogens is 3. The van der Waals surface area contributed by atoms with Gasteiger partial charge >= 0.3 is 5.92 Å². The van der Waals surface area contributed by atoms with Crippen molar-refractivity contribution in [3.8, 4) is 0 Å². The lowest BCUT2D eigenvalue weighted by atomic mass is 9.93. The molecule has 0 spiro atoms. The fourth-order valence-corrected chi connectivity index (χ4v) is 1.93. The van der Waals surface area contributed by atoms with Crippen molar-refractivity contribution < 1.29 is 22.7 Å². The first kappa shape index (κ1) is 13.4. The number of rotatable bonds is 3. The minimum absolute atomic E-state index is 0.248. The van der Waals surface area contributed by atoms with Crippen LogP contribution in [-0.2, 0) is 4.74 Å². The molecular formula is C14H11F3O2. The van der Waals surface area contributed by atoms with E-state index in [0.29, 0.717) is 0 Å². The summed E-state index contributed by atoms with van der Waals surface area (Å²) in [7, 11) is 0.973. The highest BCUT2D eigenvalue weighted by atomic mass is 19.3. The molecule has 0 N–H and O–H groups in total. The largest absolute Gasteiger partial charge is 0.492 e. The molecular weight excluding hydrogens is 257 g/mol. The van der Waals surface area contributed by atoms with Crippen molar-refractivity contribution in [1.29, 1.82) is 0 Å². The van der Waals surface area contributed by atoms with Crippen LogP contribution in [0.25, 0.3) is 0 Å². The molecule has 1 aromatic rings. The van der Waals surface area contributed by atoms with Gasteiger partial charge in [-0.3, -0.25) is 4.79 Å². The van der Waals surface area contributed by atoms with E-state index in [2.05, 4.69) is 4.74 Å². The van der Waals surface area contributed by atoms with Gasteiger partial charge < -0.3 is 4.74 Å². The molecule has 19 heavy (non-hydrogen) atoms. The Balaban J connectivity index is 2.38. The van der Waals surface area contributed by atoms with Gasteiger partial charge in [0.25, 0.3) is 0 Å². The van der Waals surface area contributed by atoms with Crippen LogP contribution < -0.4 is 0 Å². The molecule has 2 nitrogen and oxygen atoms in total. The molecule has 0 fully saturated rings. The molecule has 1 aliphatic carbocycles. The minimum Gasteiger partial charge on any atom is -0.492 e. The summed E-state index contributed by atoms with van der Waals surface area (Å²) in [5.74, 6) is -6.35. The van der Waals surface area contributed by atoms with E-state index in [-0.39, 0.29) is 11.1 Å². The van der Waals surface area contributed by atoms with Crippen LogP contribution >= 0.6 is 0 Å². The topological polar surface area (TPSA) is 26.3 Å². The Labute approximate surface area is 108 Å². The first-order valence-corrected chi connectivity index (χ1v) is 5.58. The number of allylic oxidation sites excluding steroid dienone is 4. The summed E-state index contributed by atoms with van der Waals surface area (Å²) in [6, 6.07) is 7.91. The molecule has 0 aliphatic heterocycles. The maximum absolute atomic E-state index is 13.6. The quantitative estimate of drug-likeness (QED) is 0.782. The van der Waals surface area contributed by atoms with Crippen LogP contribution in [0.5, 0.6) is 0 Å². The molecule has 0 bridgehead atoms. The summed E-state index contributed by atoms with van der Waals surface area (Å²) in [5.41, 5.74) is -0.0206. The standard InChI is InChI=1S/C14H11F3O2/c1-19-13-11(15)7-10(8-14(13,16)17)12(18)9-5-3-2-4-6-9/h2-7H,8H2,1H3. The van der Waals surface area contributed by atoms with Crippen LogP contribution in [0.2, 0.25) is 0 Å². The van der Waals surface area contributed by atoms with Gasteiger partial charge in [0.2, 0.25) is 5.76 Å². The number of Topliss-reactive ketones (excluding diaryl/α,β-unsaturated/α-hetero) is 1. The summed E-state index contributed by atoms with van der Waals surface area (Å²) in [4.78, 5) is 12.0. The van der Waals surface area contributed by atoms with Crippen LogP contribution in [0.1, 0.15) is 16.8 Å². The van der Waals surface area contributed by atoms with Crippen molar-refractivity contribution >= 4 is 5.78 Å². The Morgan fingerprint density at radius 2 is 1.89 bits per heavy atom. The average Bonchev–Trinajstić information content (AvgIpc) is 2.37. The summed E-state index contributed by atoms with van der Waals surface area (Å²) in [6.45, 7) is 0. The van der Waals surface area contributed by atoms with E-state index in [1.165, 1.54) is 12.1 Å². The first-order valence-electron chi connectivity index (χ1n) is 5.58. The lowest BCUT2D eigenvalue weighted by Gasteiger charge is -2.23. The molecule has 100 valence electrons. The molecule has 1 aliphatic rings. The summed E-state index contributed by atoms with van der Waals surface area (Å²) < 4.78 is 45.1. The molecule has 0 amide bonds. The van der Waals surface area contributed by atoms with Gasteiger partial charge in [0, 0.05) is 17.6 Å². The predicted octanol–water partition coefficient (Wildman–Crippen LogP) is 3.66. The molecule has 0 saturated heterocycles. The number of alkyl halides is 2. The zero-order valence-electron chi connectivity index (χ0n) is 10.1. The normalized spacial score (nSPS) is 18.0. The van der Waals surface area contributed by atoms with Crippen molar-refractivity contribution in [2.75, 3.05) is 7.11 Å². The molecule has 0 heterocycles. The number of benzene rings is 1. The highest BCUT2D eigenvalue weighted by Crippen LogP contribution is 2.39. The molecule has 1 aromatic carbocycles. The monoisotopic (exact) mass is 268 g/mol. The molecule has 0 atom stereocenters. The second-order valence-electron chi connectivity index (χ2n) is 4.13. The van der Waals surface area contributed by atoms with Crippen LogP contribution in [0.15, 0.2) is 53.6 Å². The van der Waals surface area contributed by atoms with E-state index in [4.69, 9.17) is 0 Å². The SMILES string of the molecule is COC1=C(F)C=C(C(=O)c2ccccc2)CC1(F)F. The summed E-state index contributed by atoms with van der Waals surface area (Å²) >= 11 is 0. The number of hydrogen-bond donors (Lipinski definition) is 0. The first-order chi connectivity index (χ1) is 8.95. The Hall–Kier alpha value is -2.04. The van der Waals surface area contributed by atoms with E-state index < -0.39 is 29.7 Å². The van der Waals surface area contributed by atoms with E-state index in [0.717, 1.165) is 13.2 Å². The maximum atomic E-state index is 13.6. The second-order valence-corrected chi connectivity index (χ2v) is 4.13. The van der Waals surface area contributed by atoms with Gasteiger partial charge in [-0.25, -0.2) is 4.39 Å². The fraction of sp³-hybridized carbons (Fsp3) is 0.214. The zero-order valence-corrected chi connectivity index (χ0v) is 10.1. The molecule has 0 aromatic heterocycles. The minimum atomic E-state index is -3.51. The van der Waals surface area contributed by atoms with Gasteiger partial charge in [0.15, 0.2) is 11.6 Å². The fourth-order valence-electron chi connectivity index (χ4n) is 1.93. The number of carbonyl (C=O) groups is 1. The highest BCUT2D eigenvalue weighted by molar-refractivity contribution is 6.09. The van der Waals surface area contributed by atoms with Gasteiger partial charge in [0.1, 0.15) is 0 Å². The third-order valence-corrected chi connectivity index (χ3v) is 2.79. The van der Waals surface area contributed by atoms with E-state index >= 15 is 0 Å². The molecule has 2 rings (SSSR count). The smallest absolute Gasteiger partial charge is 0.311 e. The lowest BCUT2D eigenvalue weighted by Crippen LogP contribution is -2.27. The molecule has 0 radical (unpaired) electrons. The van der Waals surface area contributed by atoms with Gasteiger partial charge in [-0.2, -0.15) is 8.78 Å². The Bertz CT molecular complexity index is 559. The van der Waals surface area contributed by atoms with Crippen LogP contribution in [-0.4, -0.2) is 18.8 Å². The summed E-state index contributed by atoms with van der Waals surface area (Å²) in [5, 5.41) is 0. The number of carbonyl (C=O) groups excluding carboxylic acids is 1. The Kier molecular flexibility index (Phi) is 3.46. The van der Waals surface area contributed by atoms with Crippen LogP contribution in [0, 0.1) is 0 Å². The van der Waals surface area contributed by atoms with Gasteiger partial charge in [-0.05, 0) is 6.08 Å². The molecule has 0 unspecified atom stereocenters. The summed E-state index contributed by atoms with van der Waals surface area (Å²) in [6.07, 6.45) is -0.0527. The second kappa shape index (κ2) is 4.91. The number of ketones is 1. The van der Waals surface area contributed by atoms with Gasteiger partial charge in [-0.15, -0.1) is 0 Å². The van der Waals surface area contributed by atoms with Crippen molar-refractivity contribution in [2.45, 2.75) is 12.3 Å². The third kappa shape index (κ3) is 2.54. The number of methoxy groups -OCH3 is 1. The van der Waals surface area contributed by atoms with Gasteiger partial charge in [0.05, 0.1) is 7.11 Å². The lowest BCUT2D eigenvalue weighted by molar-refractivity contribution is -0.0172. The Morgan fingerprint density at radius 3 is 2.42 bits per heavy atom. The van der Waals surface area contributed by atoms with Crippen molar-refractivity contribution in [1.82, 2.24) is 0 Å². The van der Waals surface area contributed by atoms with Gasteiger partial charge in [-0.1, -0.05) is 30.3 Å². The average molecular weight is 268 g/mol.